The van der Waals surface area contributed by atoms with Crippen molar-refractivity contribution in [2.75, 3.05) is 11.4 Å². The Kier molecular flexibility index (Phi) is 3.38. The van der Waals surface area contributed by atoms with Gasteiger partial charge in [0.05, 0.1) is 0 Å². The fourth-order valence-corrected chi connectivity index (χ4v) is 2.96. The zero-order chi connectivity index (χ0) is 13.2. The highest BCUT2D eigenvalue weighted by atomic mass is 79.9. The van der Waals surface area contributed by atoms with Crippen molar-refractivity contribution in [3.8, 4) is 0 Å². The number of nitrogens with zero attached hydrogens (tertiary/aromatic N) is 2. The lowest BCUT2D eigenvalue weighted by molar-refractivity contribution is 0.0982. The Labute approximate surface area is 119 Å². The van der Waals surface area contributed by atoms with Gasteiger partial charge in [0.1, 0.15) is 6.26 Å². The maximum absolute atomic E-state index is 12.5. The molecule has 0 atom stereocenters. The maximum Gasteiger partial charge on any atom is 0.280 e. The molecule has 0 radical (unpaired) electrons. The van der Waals surface area contributed by atoms with Crippen LogP contribution in [0.4, 0.5) is 5.69 Å². The van der Waals surface area contributed by atoms with E-state index in [4.69, 9.17) is 4.42 Å². The lowest BCUT2D eigenvalue weighted by atomic mass is 10.1. The predicted molar refractivity (Wildman–Crippen MR) is 75.3 cm³/mol. The number of amides is 1. The first-order valence-corrected chi connectivity index (χ1v) is 7.04. The van der Waals surface area contributed by atoms with Gasteiger partial charge in [-0.2, -0.15) is 0 Å². The van der Waals surface area contributed by atoms with Crippen molar-refractivity contribution in [1.82, 2.24) is 4.98 Å². The number of rotatable bonds is 1. The third-order valence-electron chi connectivity index (χ3n) is 3.34. The van der Waals surface area contributed by atoms with Crippen molar-refractivity contribution in [3.05, 3.63) is 46.6 Å². The number of hydrogen-bond donors (Lipinski definition) is 0. The number of anilines is 1. The molecule has 0 N–H and O–H groups in total. The highest BCUT2D eigenvalue weighted by molar-refractivity contribution is 9.10. The first-order chi connectivity index (χ1) is 9.27. The van der Waals surface area contributed by atoms with Gasteiger partial charge >= 0.3 is 0 Å². The summed E-state index contributed by atoms with van der Waals surface area (Å²) in [5.74, 6) is -0.102. The Balaban J connectivity index is 2.03. The van der Waals surface area contributed by atoms with Gasteiger partial charge in [-0.15, -0.1) is 0 Å². The van der Waals surface area contributed by atoms with Crippen molar-refractivity contribution in [2.24, 2.45) is 0 Å². The van der Waals surface area contributed by atoms with Crippen LogP contribution in [-0.4, -0.2) is 17.4 Å². The number of aromatic nitrogens is 1. The molecule has 98 valence electrons. The van der Waals surface area contributed by atoms with Gasteiger partial charge in [-0.25, -0.2) is 4.98 Å². The van der Waals surface area contributed by atoms with E-state index in [1.54, 1.807) is 4.90 Å². The predicted octanol–water partition coefficient (Wildman–Crippen LogP) is 3.42. The topological polar surface area (TPSA) is 46.3 Å². The molecule has 2 aromatic rings. The molecule has 1 aromatic carbocycles. The number of carbonyl (C=O) groups excluding carboxylic acids is 1. The summed E-state index contributed by atoms with van der Waals surface area (Å²) < 4.78 is 5.96. The third kappa shape index (κ3) is 2.30. The molecular weight excluding hydrogens is 308 g/mol. The van der Waals surface area contributed by atoms with Crippen LogP contribution in [0.25, 0.3) is 0 Å². The Morgan fingerprint density at radius 1 is 1.37 bits per heavy atom. The molecule has 1 aliphatic rings. The van der Waals surface area contributed by atoms with Gasteiger partial charge in [-0.1, -0.05) is 22.0 Å². The van der Waals surface area contributed by atoms with Crippen molar-refractivity contribution in [2.45, 2.75) is 19.3 Å². The van der Waals surface area contributed by atoms with Crippen LogP contribution in [0.15, 0.2) is 39.7 Å². The van der Waals surface area contributed by atoms with Crippen LogP contribution >= 0.6 is 15.9 Å². The zero-order valence-electron chi connectivity index (χ0n) is 10.3. The number of benzene rings is 1. The monoisotopic (exact) mass is 320 g/mol. The normalized spacial score (nSPS) is 14.9. The summed E-state index contributed by atoms with van der Waals surface area (Å²) in [6.45, 7) is 0.717. The van der Waals surface area contributed by atoms with Gasteiger partial charge in [0.2, 0.25) is 0 Å². The van der Waals surface area contributed by atoms with E-state index in [1.807, 2.05) is 18.2 Å². The summed E-state index contributed by atoms with van der Waals surface area (Å²) in [6.07, 6.45) is 5.74. The molecule has 1 aliphatic heterocycles. The largest absolute Gasteiger partial charge is 0.451 e. The van der Waals surface area contributed by atoms with Crippen molar-refractivity contribution in [3.63, 3.8) is 0 Å². The summed E-state index contributed by atoms with van der Waals surface area (Å²) in [4.78, 5) is 18.2. The molecule has 2 heterocycles. The van der Waals surface area contributed by atoms with Crippen molar-refractivity contribution >= 4 is 27.5 Å². The number of fused-ring (bicyclic) bond motifs is 1. The summed E-state index contributed by atoms with van der Waals surface area (Å²) in [5.41, 5.74) is 2.52. The second-order valence-electron chi connectivity index (χ2n) is 4.53. The summed E-state index contributed by atoms with van der Waals surface area (Å²) in [6, 6.07) is 5.96. The van der Waals surface area contributed by atoms with Gasteiger partial charge in [-0.3, -0.25) is 4.79 Å². The zero-order valence-corrected chi connectivity index (χ0v) is 11.9. The Morgan fingerprint density at radius 3 is 3.05 bits per heavy atom. The second kappa shape index (κ2) is 5.17. The minimum Gasteiger partial charge on any atom is -0.451 e. The van der Waals surface area contributed by atoms with Gasteiger partial charge in [-0.05, 0) is 37.0 Å². The second-order valence-corrected chi connectivity index (χ2v) is 5.38. The molecule has 0 unspecified atom stereocenters. The average molecular weight is 321 g/mol. The number of hydrogen-bond acceptors (Lipinski definition) is 3. The maximum atomic E-state index is 12.5. The summed E-state index contributed by atoms with van der Waals surface area (Å²) in [5, 5.41) is 0. The van der Waals surface area contributed by atoms with E-state index in [1.165, 1.54) is 18.2 Å². The lowest BCUT2D eigenvalue weighted by Gasteiger charge is -2.22. The molecule has 0 saturated carbocycles. The molecular formula is C14H13BrN2O2. The standard InChI is InChI=1S/C14H13BrN2O2/c15-11-5-3-6-13-10(11)4-1-2-7-17(13)14(18)12-8-19-9-16-12/h3,5-6,8-9H,1-2,4,7H2. The Morgan fingerprint density at radius 2 is 2.26 bits per heavy atom. The Hall–Kier alpha value is -1.62. The van der Waals surface area contributed by atoms with E-state index >= 15 is 0 Å². The van der Waals surface area contributed by atoms with E-state index in [9.17, 15) is 4.79 Å². The molecule has 0 saturated heterocycles. The number of oxazole rings is 1. The molecule has 1 amide bonds. The van der Waals surface area contributed by atoms with Crippen LogP contribution in [0.2, 0.25) is 0 Å². The molecule has 3 rings (SSSR count). The van der Waals surface area contributed by atoms with E-state index < -0.39 is 0 Å². The smallest absolute Gasteiger partial charge is 0.280 e. The van der Waals surface area contributed by atoms with E-state index in [0.29, 0.717) is 5.69 Å². The first kappa shape index (κ1) is 12.4. The van der Waals surface area contributed by atoms with Gasteiger partial charge in [0, 0.05) is 16.7 Å². The molecule has 5 heteroatoms. The fourth-order valence-electron chi connectivity index (χ4n) is 2.41. The Bertz CT molecular complexity index is 595. The van der Waals surface area contributed by atoms with Crippen LogP contribution < -0.4 is 4.90 Å². The van der Waals surface area contributed by atoms with Crippen LogP contribution in [0, 0.1) is 0 Å². The van der Waals surface area contributed by atoms with Crippen LogP contribution in [0.1, 0.15) is 28.9 Å². The third-order valence-corrected chi connectivity index (χ3v) is 4.08. The minimum atomic E-state index is -0.102. The number of carbonyl (C=O) groups is 1. The molecule has 19 heavy (non-hydrogen) atoms. The molecule has 0 bridgehead atoms. The average Bonchev–Trinajstić information content (AvgIpc) is 2.85. The van der Waals surface area contributed by atoms with Gasteiger partial charge < -0.3 is 9.32 Å². The summed E-state index contributed by atoms with van der Waals surface area (Å²) in [7, 11) is 0. The lowest BCUT2D eigenvalue weighted by Crippen LogP contribution is -2.32. The highest BCUT2D eigenvalue weighted by Gasteiger charge is 2.24. The molecule has 0 spiro atoms. The molecule has 4 nitrogen and oxygen atoms in total. The van der Waals surface area contributed by atoms with E-state index in [2.05, 4.69) is 20.9 Å². The van der Waals surface area contributed by atoms with Crippen LogP contribution in [0.5, 0.6) is 0 Å². The van der Waals surface area contributed by atoms with E-state index in [-0.39, 0.29) is 5.91 Å². The number of halogens is 1. The first-order valence-electron chi connectivity index (χ1n) is 6.25. The van der Waals surface area contributed by atoms with Gasteiger partial charge in [0.15, 0.2) is 12.1 Å². The molecule has 1 aromatic heterocycles. The summed E-state index contributed by atoms with van der Waals surface area (Å²) >= 11 is 3.57. The minimum absolute atomic E-state index is 0.102. The fraction of sp³-hybridized carbons (Fsp3) is 0.286. The molecule has 0 aliphatic carbocycles. The van der Waals surface area contributed by atoms with Crippen LogP contribution in [-0.2, 0) is 6.42 Å². The van der Waals surface area contributed by atoms with Crippen molar-refractivity contribution in [1.29, 1.82) is 0 Å². The van der Waals surface area contributed by atoms with E-state index in [0.717, 1.165) is 36.0 Å². The SMILES string of the molecule is O=C(c1cocn1)N1CCCCc2c(Br)cccc21. The highest BCUT2D eigenvalue weighted by Crippen LogP contribution is 2.32. The molecule has 0 fully saturated rings. The quantitative estimate of drug-likeness (QED) is 0.808. The van der Waals surface area contributed by atoms with Crippen molar-refractivity contribution < 1.29 is 9.21 Å². The van der Waals surface area contributed by atoms with Crippen LogP contribution in [0.3, 0.4) is 0 Å². The van der Waals surface area contributed by atoms with Gasteiger partial charge in [0.25, 0.3) is 5.91 Å².